The Hall–Kier alpha value is -2.48. The molecule has 2 aromatic carbocycles. The first kappa shape index (κ1) is 23.2. The molecule has 0 unspecified atom stereocenters. The summed E-state index contributed by atoms with van der Waals surface area (Å²) < 4.78 is 1.34. The quantitative estimate of drug-likeness (QED) is 0.231. The van der Waals surface area contributed by atoms with Gasteiger partial charge < -0.3 is 5.53 Å². The maximum absolute atomic E-state index is 10.9. The maximum Gasteiger partial charge on any atom is 0.207 e. The van der Waals surface area contributed by atoms with Crippen LogP contribution in [0.1, 0.15) is 93.9 Å². The van der Waals surface area contributed by atoms with Gasteiger partial charge in [-0.3, -0.25) is 0 Å². The highest BCUT2D eigenvalue weighted by Gasteiger charge is 2.22. The highest BCUT2D eigenvalue weighted by atomic mass is 15.2. The predicted molar refractivity (Wildman–Crippen MR) is 133 cm³/mol. The summed E-state index contributed by atoms with van der Waals surface area (Å²) in [5.41, 5.74) is 17.4. The van der Waals surface area contributed by atoms with Crippen molar-refractivity contribution in [3.05, 3.63) is 88.5 Å². The van der Waals surface area contributed by atoms with Crippen molar-refractivity contribution in [2.75, 3.05) is 0 Å². The number of hydrogen-bond donors (Lipinski definition) is 0. The lowest BCUT2D eigenvalue weighted by molar-refractivity contribution is -0.344. The molecule has 0 aliphatic carbocycles. The van der Waals surface area contributed by atoms with Gasteiger partial charge >= 0.3 is 0 Å². The Labute approximate surface area is 189 Å². The summed E-state index contributed by atoms with van der Waals surface area (Å²) in [5, 5.41) is 0. The molecule has 164 valence electrons. The molecule has 0 bridgehead atoms. The Morgan fingerprint density at radius 2 is 1.19 bits per heavy atom. The van der Waals surface area contributed by atoms with Crippen LogP contribution in [0.15, 0.2) is 60.7 Å². The van der Waals surface area contributed by atoms with E-state index in [4.69, 9.17) is 0 Å². The Morgan fingerprint density at radius 3 is 1.94 bits per heavy atom. The van der Waals surface area contributed by atoms with Crippen molar-refractivity contribution >= 4 is 11.4 Å². The fourth-order valence-electron chi connectivity index (χ4n) is 4.28. The molecular weight excluding hydrogens is 376 g/mol. The molecule has 0 fully saturated rings. The molecule has 0 N–H and O–H groups in total. The highest BCUT2D eigenvalue weighted by Crippen LogP contribution is 2.31. The molecule has 1 aliphatic rings. The van der Waals surface area contributed by atoms with Crippen LogP contribution in [0.2, 0.25) is 0 Å². The van der Waals surface area contributed by atoms with Crippen LogP contribution in [0.25, 0.3) is 16.9 Å². The standard InChI is InChI=1S/C29H38N2/c1-3-5-7-8-9-11-13-24-17-19-26(20-18-24)28-21-22-29(31(28)30)27-16-12-15-25(23-27)14-10-6-4-2/h12,15-23H,3-11,13-14H2,1-2H3. The lowest BCUT2D eigenvalue weighted by Gasteiger charge is -2.10. The summed E-state index contributed by atoms with van der Waals surface area (Å²) in [6.07, 6.45) is 18.0. The average molecular weight is 415 g/mol. The first-order chi connectivity index (χ1) is 15.2. The molecule has 1 aliphatic heterocycles. The first-order valence-corrected chi connectivity index (χ1v) is 12.3. The van der Waals surface area contributed by atoms with Crippen molar-refractivity contribution in [2.24, 2.45) is 0 Å². The Kier molecular flexibility index (Phi) is 9.27. The SMILES string of the molecule is CCCCCCCCc1ccc(C2=CC=C(c3cccc(CCCCC)c3)[N+]2=[N-])cc1. The minimum Gasteiger partial charge on any atom is -0.493 e. The van der Waals surface area contributed by atoms with Crippen LogP contribution in [0.4, 0.5) is 0 Å². The van der Waals surface area contributed by atoms with Crippen molar-refractivity contribution in [1.82, 2.24) is 0 Å². The van der Waals surface area contributed by atoms with Gasteiger partial charge in [-0.2, -0.15) is 0 Å². The van der Waals surface area contributed by atoms with Gasteiger partial charge in [0, 0.05) is 23.3 Å². The van der Waals surface area contributed by atoms with E-state index in [0.29, 0.717) is 0 Å². The van der Waals surface area contributed by atoms with Crippen LogP contribution in [0, 0.1) is 0 Å². The van der Waals surface area contributed by atoms with Crippen molar-refractivity contribution in [3.8, 4) is 0 Å². The molecule has 0 amide bonds. The molecule has 0 radical (unpaired) electrons. The fraction of sp³-hybridized carbons (Fsp3) is 0.448. The first-order valence-electron chi connectivity index (χ1n) is 12.3. The molecule has 0 spiro atoms. The normalized spacial score (nSPS) is 13.4. The molecule has 1 heterocycles. The zero-order chi connectivity index (χ0) is 21.9. The van der Waals surface area contributed by atoms with E-state index in [9.17, 15) is 5.53 Å². The molecule has 2 aromatic rings. The van der Waals surface area contributed by atoms with Crippen LogP contribution in [-0.2, 0) is 12.8 Å². The summed E-state index contributed by atoms with van der Waals surface area (Å²) in [6, 6.07) is 17.3. The third kappa shape index (κ3) is 6.75. The summed E-state index contributed by atoms with van der Waals surface area (Å²) in [5.74, 6) is 0. The minimum absolute atomic E-state index is 0.845. The lowest BCUT2D eigenvalue weighted by Crippen LogP contribution is -2.02. The topological polar surface area (TPSA) is 25.3 Å². The molecule has 2 heteroatoms. The number of rotatable bonds is 13. The Bertz CT molecular complexity index is 903. The van der Waals surface area contributed by atoms with E-state index < -0.39 is 0 Å². The third-order valence-corrected chi connectivity index (χ3v) is 6.22. The van der Waals surface area contributed by atoms with E-state index >= 15 is 0 Å². The van der Waals surface area contributed by atoms with E-state index in [-0.39, 0.29) is 0 Å². The zero-order valence-electron chi connectivity index (χ0n) is 19.4. The number of aryl methyl sites for hydroxylation is 2. The van der Waals surface area contributed by atoms with Gasteiger partial charge in [-0.05, 0) is 61.1 Å². The molecule has 3 rings (SSSR count). The average Bonchev–Trinajstić information content (AvgIpc) is 3.18. The second kappa shape index (κ2) is 12.4. The number of allylic oxidation sites excluding steroid dienone is 2. The van der Waals surface area contributed by atoms with Crippen LogP contribution >= 0.6 is 0 Å². The second-order valence-electron chi connectivity index (χ2n) is 8.79. The second-order valence-corrected chi connectivity index (χ2v) is 8.79. The maximum atomic E-state index is 10.9. The van der Waals surface area contributed by atoms with Crippen LogP contribution in [0.3, 0.4) is 0 Å². The van der Waals surface area contributed by atoms with Crippen molar-refractivity contribution in [2.45, 2.75) is 84.5 Å². The fourth-order valence-corrected chi connectivity index (χ4v) is 4.28. The molecule has 2 nitrogen and oxygen atoms in total. The number of benzene rings is 2. The van der Waals surface area contributed by atoms with Gasteiger partial charge in [-0.15, -0.1) is 0 Å². The monoisotopic (exact) mass is 414 g/mol. The van der Waals surface area contributed by atoms with Crippen LogP contribution in [-0.4, -0.2) is 4.70 Å². The highest BCUT2D eigenvalue weighted by molar-refractivity contribution is 5.75. The van der Waals surface area contributed by atoms with E-state index in [0.717, 1.165) is 35.4 Å². The minimum atomic E-state index is 0.845. The van der Waals surface area contributed by atoms with E-state index in [1.807, 2.05) is 12.2 Å². The third-order valence-electron chi connectivity index (χ3n) is 6.22. The lowest BCUT2D eigenvalue weighted by atomic mass is 10.0. The van der Waals surface area contributed by atoms with Crippen molar-refractivity contribution in [3.63, 3.8) is 0 Å². The van der Waals surface area contributed by atoms with Crippen molar-refractivity contribution < 1.29 is 4.70 Å². The summed E-state index contributed by atoms with van der Waals surface area (Å²) in [6.45, 7) is 4.50. The van der Waals surface area contributed by atoms with Gasteiger partial charge in [0.2, 0.25) is 11.4 Å². The number of hydrogen-bond acceptors (Lipinski definition) is 0. The van der Waals surface area contributed by atoms with Crippen LogP contribution < -0.4 is 0 Å². The Morgan fingerprint density at radius 1 is 0.613 bits per heavy atom. The summed E-state index contributed by atoms with van der Waals surface area (Å²) in [4.78, 5) is 0. The number of unbranched alkanes of at least 4 members (excludes halogenated alkanes) is 7. The molecule has 0 saturated heterocycles. The van der Waals surface area contributed by atoms with Gasteiger partial charge in [-0.1, -0.05) is 83.1 Å². The molecule has 0 aromatic heterocycles. The Balaban J connectivity index is 1.55. The molecular formula is C29H38N2. The number of nitrogens with zero attached hydrogens (tertiary/aromatic N) is 2. The van der Waals surface area contributed by atoms with Gasteiger partial charge in [-0.25, -0.2) is 4.70 Å². The van der Waals surface area contributed by atoms with Gasteiger partial charge in [0.15, 0.2) is 0 Å². The van der Waals surface area contributed by atoms with E-state index in [1.165, 1.54) is 73.6 Å². The molecule has 31 heavy (non-hydrogen) atoms. The van der Waals surface area contributed by atoms with Gasteiger partial charge in [0.1, 0.15) is 0 Å². The summed E-state index contributed by atoms with van der Waals surface area (Å²) >= 11 is 0. The van der Waals surface area contributed by atoms with E-state index in [2.05, 4.69) is 62.4 Å². The smallest absolute Gasteiger partial charge is 0.207 e. The van der Waals surface area contributed by atoms with E-state index in [1.54, 1.807) is 0 Å². The zero-order valence-corrected chi connectivity index (χ0v) is 19.4. The predicted octanol–water partition coefficient (Wildman–Crippen LogP) is 8.75. The van der Waals surface area contributed by atoms with Gasteiger partial charge in [0.25, 0.3) is 0 Å². The summed E-state index contributed by atoms with van der Waals surface area (Å²) in [7, 11) is 0. The van der Waals surface area contributed by atoms with Gasteiger partial charge in [0.05, 0.1) is 0 Å². The molecule has 0 atom stereocenters. The molecule has 0 saturated carbocycles. The largest absolute Gasteiger partial charge is 0.493 e. The van der Waals surface area contributed by atoms with Crippen LogP contribution in [0.5, 0.6) is 0 Å². The van der Waals surface area contributed by atoms with Crippen molar-refractivity contribution in [1.29, 1.82) is 0 Å².